The van der Waals surface area contributed by atoms with Crippen LogP contribution in [0, 0.1) is 0 Å². The van der Waals surface area contributed by atoms with Gasteiger partial charge in [-0.25, -0.2) is 0 Å². The molecule has 2 aliphatic rings. The summed E-state index contributed by atoms with van der Waals surface area (Å²) in [6.07, 6.45) is 6.82. The number of carbonyl (C=O) groups is 1. The minimum atomic E-state index is 0. The first-order chi connectivity index (χ1) is 10.2. The summed E-state index contributed by atoms with van der Waals surface area (Å²) in [5, 5.41) is 6.17. The second-order valence-corrected chi connectivity index (χ2v) is 7.53. The molecule has 128 valence electrons. The minimum Gasteiger partial charge on any atom is -0.355 e. The van der Waals surface area contributed by atoms with E-state index in [0.717, 1.165) is 25.6 Å². The Balaban J connectivity index is 0.00000242. The molecule has 1 saturated carbocycles. The summed E-state index contributed by atoms with van der Waals surface area (Å²) in [5.41, 5.74) is 0. The van der Waals surface area contributed by atoms with Crippen molar-refractivity contribution in [1.82, 2.24) is 15.5 Å². The fourth-order valence-electron chi connectivity index (χ4n) is 3.27. The highest BCUT2D eigenvalue weighted by atomic mass is 127. The van der Waals surface area contributed by atoms with Crippen molar-refractivity contribution < 1.29 is 4.79 Å². The van der Waals surface area contributed by atoms with Gasteiger partial charge in [0, 0.05) is 50.7 Å². The molecule has 0 atom stereocenters. The second-order valence-electron chi connectivity index (χ2n) is 5.97. The molecule has 0 aromatic rings. The normalized spacial score (nSPS) is 21.2. The lowest BCUT2D eigenvalue weighted by Gasteiger charge is -2.45. The molecule has 0 radical (unpaired) electrons. The van der Waals surface area contributed by atoms with Gasteiger partial charge in [0.05, 0.1) is 0 Å². The average molecular weight is 440 g/mol. The largest absolute Gasteiger partial charge is 0.355 e. The van der Waals surface area contributed by atoms with Crippen molar-refractivity contribution in [2.24, 2.45) is 4.99 Å². The third-order valence-electron chi connectivity index (χ3n) is 4.31. The number of amides is 1. The Labute approximate surface area is 155 Å². The fourth-order valence-corrected chi connectivity index (χ4v) is 4.84. The van der Waals surface area contributed by atoms with E-state index in [9.17, 15) is 4.79 Å². The maximum atomic E-state index is 10.9. The molecular formula is C15H29IN4OS. The van der Waals surface area contributed by atoms with Gasteiger partial charge in [0.15, 0.2) is 5.96 Å². The number of hydrogen-bond acceptors (Lipinski definition) is 3. The summed E-state index contributed by atoms with van der Waals surface area (Å²) in [5.74, 6) is 2.18. The Morgan fingerprint density at radius 2 is 1.91 bits per heavy atom. The summed E-state index contributed by atoms with van der Waals surface area (Å²) in [6, 6.07) is 0. The van der Waals surface area contributed by atoms with Gasteiger partial charge in [-0.2, -0.15) is 11.8 Å². The second kappa shape index (κ2) is 9.85. The van der Waals surface area contributed by atoms with Crippen LogP contribution in [0.25, 0.3) is 0 Å². The van der Waals surface area contributed by atoms with Gasteiger partial charge in [0.25, 0.3) is 0 Å². The Hall–Kier alpha value is -0.180. The van der Waals surface area contributed by atoms with Crippen LogP contribution in [0.2, 0.25) is 0 Å². The summed E-state index contributed by atoms with van der Waals surface area (Å²) < 4.78 is 0.450. The van der Waals surface area contributed by atoms with Crippen LogP contribution < -0.4 is 10.6 Å². The maximum Gasteiger partial charge on any atom is 0.216 e. The van der Waals surface area contributed by atoms with Gasteiger partial charge in [0.2, 0.25) is 5.91 Å². The number of nitrogens with one attached hydrogen (secondary N) is 2. The highest BCUT2D eigenvalue weighted by Gasteiger charge is 2.38. The summed E-state index contributed by atoms with van der Waals surface area (Å²) in [7, 11) is 1.84. The molecule has 1 aliphatic carbocycles. The third-order valence-corrected chi connectivity index (χ3v) is 5.84. The van der Waals surface area contributed by atoms with Crippen LogP contribution in [-0.4, -0.2) is 60.5 Å². The standard InChI is InChI=1S/C15H28N4OS.HI/c1-13(20)17-8-9-18-14(16-2)19-10-11-21-15(12-19)6-4-3-5-7-15;/h3-12H2,1-2H3,(H,16,18)(H,17,20);1H. The fraction of sp³-hybridized carbons (Fsp3) is 0.867. The number of carbonyl (C=O) groups excluding carboxylic acids is 1. The molecule has 5 nitrogen and oxygen atoms in total. The van der Waals surface area contributed by atoms with E-state index in [4.69, 9.17) is 0 Å². The molecule has 1 heterocycles. The van der Waals surface area contributed by atoms with Crippen molar-refractivity contribution >= 4 is 47.6 Å². The van der Waals surface area contributed by atoms with Crippen LogP contribution in [0.5, 0.6) is 0 Å². The van der Waals surface area contributed by atoms with Crippen LogP contribution in [0.4, 0.5) is 0 Å². The summed E-state index contributed by atoms with van der Waals surface area (Å²) in [4.78, 5) is 17.7. The zero-order valence-corrected chi connectivity index (χ0v) is 16.8. The molecule has 0 bridgehead atoms. The highest BCUT2D eigenvalue weighted by molar-refractivity contribution is 14.0. The first kappa shape index (κ1) is 19.9. The van der Waals surface area contributed by atoms with Gasteiger partial charge < -0.3 is 15.5 Å². The molecule has 0 aromatic carbocycles. The van der Waals surface area contributed by atoms with Crippen molar-refractivity contribution in [3.8, 4) is 0 Å². The first-order valence-electron chi connectivity index (χ1n) is 7.99. The molecule has 1 spiro atoms. The van der Waals surface area contributed by atoms with E-state index in [-0.39, 0.29) is 29.9 Å². The third kappa shape index (κ3) is 5.79. The number of thioether (sulfide) groups is 1. The van der Waals surface area contributed by atoms with Crippen molar-refractivity contribution in [2.45, 2.75) is 43.8 Å². The van der Waals surface area contributed by atoms with Gasteiger partial charge in [-0.05, 0) is 12.8 Å². The zero-order chi connectivity index (χ0) is 15.1. The Morgan fingerprint density at radius 1 is 1.23 bits per heavy atom. The van der Waals surface area contributed by atoms with Crippen molar-refractivity contribution in [2.75, 3.05) is 39.0 Å². The number of aliphatic imine (C=N–C) groups is 1. The Bertz CT molecular complexity index is 380. The van der Waals surface area contributed by atoms with Crippen LogP contribution in [0.15, 0.2) is 4.99 Å². The molecule has 1 amide bonds. The number of guanidine groups is 1. The zero-order valence-electron chi connectivity index (χ0n) is 13.7. The number of rotatable bonds is 3. The lowest BCUT2D eigenvalue weighted by atomic mass is 9.87. The number of halogens is 1. The van der Waals surface area contributed by atoms with Crippen LogP contribution in [0.3, 0.4) is 0 Å². The van der Waals surface area contributed by atoms with Gasteiger partial charge in [-0.3, -0.25) is 9.79 Å². The molecule has 1 aliphatic heterocycles. The van der Waals surface area contributed by atoms with Gasteiger partial charge >= 0.3 is 0 Å². The van der Waals surface area contributed by atoms with Crippen molar-refractivity contribution in [1.29, 1.82) is 0 Å². The molecule has 22 heavy (non-hydrogen) atoms. The summed E-state index contributed by atoms with van der Waals surface area (Å²) >= 11 is 2.17. The number of nitrogens with zero attached hydrogens (tertiary/aromatic N) is 2. The highest BCUT2D eigenvalue weighted by Crippen LogP contribution is 2.42. The van der Waals surface area contributed by atoms with Gasteiger partial charge in [-0.1, -0.05) is 19.3 Å². The Kier molecular flexibility index (Phi) is 8.89. The molecule has 0 unspecified atom stereocenters. The number of hydrogen-bond donors (Lipinski definition) is 2. The molecule has 2 N–H and O–H groups in total. The SMILES string of the molecule is CN=C(NCCNC(C)=O)N1CCSC2(CCCCC2)C1.I. The average Bonchev–Trinajstić information content (AvgIpc) is 2.48. The van der Waals surface area contributed by atoms with Crippen molar-refractivity contribution in [3.05, 3.63) is 0 Å². The predicted octanol–water partition coefficient (Wildman–Crippen LogP) is 2.07. The molecular weight excluding hydrogens is 411 g/mol. The van der Waals surface area contributed by atoms with E-state index < -0.39 is 0 Å². The molecule has 7 heteroatoms. The molecule has 2 fully saturated rings. The Morgan fingerprint density at radius 3 is 2.55 bits per heavy atom. The van der Waals surface area contributed by atoms with E-state index in [1.165, 1.54) is 37.9 Å². The first-order valence-corrected chi connectivity index (χ1v) is 8.98. The van der Waals surface area contributed by atoms with Crippen LogP contribution in [0.1, 0.15) is 39.0 Å². The van der Waals surface area contributed by atoms with E-state index in [1.54, 1.807) is 6.92 Å². The van der Waals surface area contributed by atoms with E-state index in [0.29, 0.717) is 11.3 Å². The van der Waals surface area contributed by atoms with Gasteiger partial charge in [-0.15, -0.1) is 24.0 Å². The lowest BCUT2D eigenvalue weighted by Crippen LogP contribution is -2.54. The smallest absolute Gasteiger partial charge is 0.216 e. The molecule has 2 rings (SSSR count). The molecule has 1 saturated heterocycles. The topological polar surface area (TPSA) is 56.7 Å². The quantitative estimate of drug-likeness (QED) is 0.306. The van der Waals surface area contributed by atoms with E-state index >= 15 is 0 Å². The molecule has 0 aromatic heterocycles. The van der Waals surface area contributed by atoms with Gasteiger partial charge in [0.1, 0.15) is 0 Å². The lowest BCUT2D eigenvalue weighted by molar-refractivity contribution is -0.118. The van der Waals surface area contributed by atoms with Crippen LogP contribution in [-0.2, 0) is 4.79 Å². The van der Waals surface area contributed by atoms with E-state index in [1.807, 2.05) is 7.05 Å². The minimum absolute atomic E-state index is 0. The predicted molar refractivity (Wildman–Crippen MR) is 105 cm³/mol. The monoisotopic (exact) mass is 440 g/mol. The maximum absolute atomic E-state index is 10.9. The summed E-state index contributed by atoms with van der Waals surface area (Å²) in [6.45, 7) is 5.08. The van der Waals surface area contributed by atoms with E-state index in [2.05, 4.69) is 32.3 Å². The van der Waals surface area contributed by atoms with Crippen LogP contribution >= 0.6 is 35.7 Å². The van der Waals surface area contributed by atoms with Crippen molar-refractivity contribution in [3.63, 3.8) is 0 Å².